The van der Waals surface area contributed by atoms with E-state index >= 15 is 0 Å². The summed E-state index contributed by atoms with van der Waals surface area (Å²) in [5, 5.41) is 5.55. The first kappa shape index (κ1) is 23.0. The summed E-state index contributed by atoms with van der Waals surface area (Å²) in [5.41, 5.74) is 0.750. The molecule has 1 atom stereocenters. The number of amides is 2. The number of benzene rings is 1. The number of hydrogen-bond donors (Lipinski definition) is 3. The molecule has 7 nitrogen and oxygen atoms in total. The lowest BCUT2D eigenvalue weighted by atomic mass is 10.2. The highest BCUT2D eigenvalue weighted by Crippen LogP contribution is 2.26. The van der Waals surface area contributed by atoms with Gasteiger partial charge in [-0.05, 0) is 38.5 Å². The van der Waals surface area contributed by atoms with E-state index in [4.69, 9.17) is 0 Å². The lowest BCUT2D eigenvalue weighted by Gasteiger charge is -2.12. The maximum atomic E-state index is 13.6. The third-order valence-electron chi connectivity index (χ3n) is 4.76. The Kier molecular flexibility index (Phi) is 7.45. The highest BCUT2D eigenvalue weighted by Gasteiger charge is 2.16. The van der Waals surface area contributed by atoms with Crippen molar-refractivity contribution >= 4 is 45.1 Å². The van der Waals surface area contributed by atoms with Gasteiger partial charge in [0.1, 0.15) is 16.5 Å². The minimum absolute atomic E-state index is 0.0349. The molecule has 164 valence electrons. The number of thioether (sulfide) groups is 1. The second-order valence-electron chi connectivity index (χ2n) is 6.96. The number of thiophene rings is 1. The van der Waals surface area contributed by atoms with Crippen LogP contribution in [-0.4, -0.2) is 40.1 Å². The number of hydrogen-bond acceptors (Lipinski definition) is 6. The normalized spacial score (nSPS) is 12.0. The van der Waals surface area contributed by atoms with E-state index in [1.54, 1.807) is 13.0 Å². The van der Waals surface area contributed by atoms with E-state index in [0.29, 0.717) is 21.8 Å². The van der Waals surface area contributed by atoms with Crippen LogP contribution in [0.3, 0.4) is 0 Å². The van der Waals surface area contributed by atoms with Crippen LogP contribution in [-0.2, 0) is 10.5 Å². The van der Waals surface area contributed by atoms with Gasteiger partial charge < -0.3 is 15.6 Å². The number of carbonyl (C=O) groups is 2. The predicted octanol–water partition coefficient (Wildman–Crippen LogP) is 2.91. The Morgan fingerprint density at radius 3 is 2.68 bits per heavy atom. The molecule has 2 aromatic heterocycles. The molecule has 1 aromatic carbocycles. The van der Waals surface area contributed by atoms with E-state index < -0.39 is 11.7 Å². The van der Waals surface area contributed by atoms with Crippen LogP contribution in [0.4, 0.5) is 4.39 Å². The first-order valence-electron chi connectivity index (χ1n) is 9.69. The molecule has 10 heteroatoms. The van der Waals surface area contributed by atoms with Crippen LogP contribution in [0.25, 0.3) is 10.2 Å². The number of carbonyl (C=O) groups excluding carboxylic acids is 2. The Balaban J connectivity index is 1.45. The Bertz CT molecular complexity index is 1180. The number of halogens is 1. The lowest BCUT2D eigenvalue weighted by molar-refractivity contribution is -0.120. The molecule has 1 unspecified atom stereocenters. The van der Waals surface area contributed by atoms with Crippen molar-refractivity contribution in [2.75, 3.05) is 13.1 Å². The predicted molar refractivity (Wildman–Crippen MR) is 122 cm³/mol. The molecule has 3 N–H and O–H groups in total. The smallest absolute Gasteiger partial charge is 0.259 e. The molecule has 3 aromatic rings. The van der Waals surface area contributed by atoms with Crippen LogP contribution in [0.5, 0.6) is 0 Å². The van der Waals surface area contributed by atoms with Gasteiger partial charge in [-0.3, -0.25) is 14.4 Å². The number of nitrogens with one attached hydrogen (secondary N) is 3. The van der Waals surface area contributed by atoms with E-state index in [0.717, 1.165) is 10.4 Å². The van der Waals surface area contributed by atoms with Crippen LogP contribution in [0.1, 0.15) is 33.5 Å². The third kappa shape index (κ3) is 5.50. The summed E-state index contributed by atoms with van der Waals surface area (Å²) >= 11 is 2.84. The minimum Gasteiger partial charge on any atom is -0.353 e. The fraction of sp³-hybridized carbons (Fsp3) is 0.333. The molecule has 31 heavy (non-hydrogen) atoms. The standard InChI is InChI=1S/C21H23FN4O3S2/c1-11-12(2)31-21-17(11)20(29)25-16(26-21)10-30-13(3)18(27)23-8-9-24-19(28)14-6-4-5-7-15(14)22/h4-7,13H,8-10H2,1-3H3,(H,23,27)(H,24,28)(H,25,26,29). The maximum absolute atomic E-state index is 13.6. The van der Waals surface area contributed by atoms with Crippen molar-refractivity contribution in [2.24, 2.45) is 0 Å². The van der Waals surface area contributed by atoms with Gasteiger partial charge in [-0.25, -0.2) is 9.37 Å². The third-order valence-corrected chi connectivity index (χ3v) is 7.01. The molecule has 3 rings (SSSR count). The van der Waals surface area contributed by atoms with Crippen molar-refractivity contribution in [3.63, 3.8) is 0 Å². The second-order valence-corrected chi connectivity index (χ2v) is 9.49. The van der Waals surface area contributed by atoms with Gasteiger partial charge in [-0.15, -0.1) is 23.1 Å². The average molecular weight is 463 g/mol. The number of aryl methyl sites for hydroxylation is 2. The van der Waals surface area contributed by atoms with Gasteiger partial charge in [0.05, 0.1) is 22.0 Å². The Labute approximate surface area is 186 Å². The molecule has 2 amide bonds. The fourth-order valence-electron chi connectivity index (χ4n) is 2.89. The van der Waals surface area contributed by atoms with Gasteiger partial charge >= 0.3 is 0 Å². The van der Waals surface area contributed by atoms with Crippen molar-refractivity contribution in [1.82, 2.24) is 20.6 Å². The Morgan fingerprint density at radius 1 is 1.23 bits per heavy atom. The topological polar surface area (TPSA) is 104 Å². The van der Waals surface area contributed by atoms with Crippen LogP contribution < -0.4 is 16.2 Å². The van der Waals surface area contributed by atoms with Gasteiger partial charge in [-0.1, -0.05) is 12.1 Å². The maximum Gasteiger partial charge on any atom is 0.259 e. The van der Waals surface area contributed by atoms with E-state index in [1.807, 2.05) is 13.8 Å². The average Bonchev–Trinajstić information content (AvgIpc) is 3.03. The summed E-state index contributed by atoms with van der Waals surface area (Å²) in [6.45, 7) is 6.02. The molecule has 0 spiro atoms. The second kappa shape index (κ2) is 10.1. The van der Waals surface area contributed by atoms with Crippen LogP contribution >= 0.6 is 23.1 Å². The van der Waals surface area contributed by atoms with Crippen molar-refractivity contribution < 1.29 is 14.0 Å². The minimum atomic E-state index is -0.591. The summed E-state index contributed by atoms with van der Waals surface area (Å²) in [6, 6.07) is 5.71. The number of aromatic amines is 1. The molecule has 0 saturated heterocycles. The number of rotatable bonds is 8. The summed E-state index contributed by atoms with van der Waals surface area (Å²) in [5.74, 6) is -0.400. The van der Waals surface area contributed by atoms with Crippen molar-refractivity contribution in [3.05, 3.63) is 62.3 Å². The molecule has 2 heterocycles. The molecule has 0 radical (unpaired) electrons. The number of H-pyrrole nitrogens is 1. The van der Waals surface area contributed by atoms with Crippen molar-refractivity contribution in [1.29, 1.82) is 0 Å². The first-order valence-corrected chi connectivity index (χ1v) is 11.6. The monoisotopic (exact) mass is 462 g/mol. The zero-order valence-corrected chi connectivity index (χ0v) is 19.0. The van der Waals surface area contributed by atoms with Crippen LogP contribution in [0.15, 0.2) is 29.1 Å². The van der Waals surface area contributed by atoms with Crippen molar-refractivity contribution in [2.45, 2.75) is 31.8 Å². The fourth-order valence-corrected chi connectivity index (χ4v) is 4.72. The SMILES string of the molecule is Cc1sc2nc(CSC(C)C(=O)NCCNC(=O)c3ccccc3F)[nH]c(=O)c2c1C. The molecular weight excluding hydrogens is 439 g/mol. The van der Waals surface area contributed by atoms with Gasteiger partial charge in [0.25, 0.3) is 11.5 Å². The number of fused-ring (bicyclic) bond motifs is 1. The summed E-state index contributed by atoms with van der Waals surface area (Å²) in [4.78, 5) is 45.6. The number of aromatic nitrogens is 2. The van der Waals surface area contributed by atoms with E-state index in [2.05, 4.69) is 20.6 Å². The van der Waals surface area contributed by atoms with E-state index in [9.17, 15) is 18.8 Å². The van der Waals surface area contributed by atoms with Gasteiger partial charge in [-0.2, -0.15) is 0 Å². The quantitative estimate of drug-likeness (QED) is 0.447. The van der Waals surface area contributed by atoms with Crippen LogP contribution in [0.2, 0.25) is 0 Å². The lowest BCUT2D eigenvalue weighted by Crippen LogP contribution is -2.38. The van der Waals surface area contributed by atoms with Gasteiger partial charge in [0.2, 0.25) is 5.91 Å². The molecular formula is C21H23FN4O3S2. The van der Waals surface area contributed by atoms with Crippen molar-refractivity contribution in [3.8, 4) is 0 Å². The highest BCUT2D eigenvalue weighted by atomic mass is 32.2. The van der Waals surface area contributed by atoms with Gasteiger partial charge in [0, 0.05) is 18.0 Å². The van der Waals surface area contributed by atoms with E-state index in [-0.39, 0.29) is 35.4 Å². The molecule has 0 bridgehead atoms. The summed E-state index contributed by atoms with van der Waals surface area (Å²) in [7, 11) is 0. The molecule has 0 saturated carbocycles. The molecule has 0 fully saturated rings. The summed E-state index contributed by atoms with van der Waals surface area (Å²) in [6.07, 6.45) is 0. The molecule has 0 aliphatic carbocycles. The van der Waals surface area contributed by atoms with E-state index in [1.165, 1.54) is 41.3 Å². The molecule has 0 aliphatic heterocycles. The zero-order chi connectivity index (χ0) is 22.5. The molecule has 0 aliphatic rings. The van der Waals surface area contributed by atoms with Gasteiger partial charge in [0.15, 0.2) is 0 Å². The number of nitrogens with zero attached hydrogens (tertiary/aromatic N) is 1. The summed E-state index contributed by atoms with van der Waals surface area (Å²) < 4.78 is 13.6. The van der Waals surface area contributed by atoms with Crippen LogP contribution in [0, 0.1) is 19.7 Å². The largest absolute Gasteiger partial charge is 0.353 e. The first-order chi connectivity index (χ1) is 14.8. The Hall–Kier alpha value is -2.72. The zero-order valence-electron chi connectivity index (χ0n) is 17.4. The Morgan fingerprint density at radius 2 is 1.94 bits per heavy atom. The highest BCUT2D eigenvalue weighted by molar-refractivity contribution is 7.99.